The second kappa shape index (κ2) is 15.0. The van der Waals surface area contributed by atoms with Gasteiger partial charge >= 0.3 is 18.3 Å². The van der Waals surface area contributed by atoms with E-state index in [9.17, 15) is 23.1 Å². The van der Waals surface area contributed by atoms with Crippen LogP contribution in [0.15, 0.2) is 36.5 Å². The van der Waals surface area contributed by atoms with Crippen molar-refractivity contribution >= 4 is 46.1 Å². The van der Waals surface area contributed by atoms with Crippen molar-refractivity contribution in [3.05, 3.63) is 64.1 Å². The average Bonchev–Trinajstić information content (AvgIpc) is 3.65. The Morgan fingerprint density at radius 3 is 2.71 bits per heavy atom. The molecule has 14 nitrogen and oxygen atoms in total. The SMILES string of the molecule is C=C1CN2C(COC(=O)N3CCOCC3)CCC2(COc2nc(NC(C)c3cccnc3N)c3c(O)c(Cl)c(-c4nc(N)cc(C)c4C(F)(F)F)c(F)c3n2)C1. The van der Waals surface area contributed by atoms with Gasteiger partial charge in [0.15, 0.2) is 5.82 Å². The summed E-state index contributed by atoms with van der Waals surface area (Å²) in [5.41, 5.74) is 8.82. The molecule has 56 heavy (non-hydrogen) atoms. The maximum Gasteiger partial charge on any atom is 0.418 e. The maximum absolute atomic E-state index is 16.9. The molecule has 0 radical (unpaired) electrons. The van der Waals surface area contributed by atoms with Crippen molar-refractivity contribution in [1.82, 2.24) is 29.7 Å². The van der Waals surface area contributed by atoms with E-state index < -0.39 is 62.8 Å². The number of hydrogen-bond acceptors (Lipinski definition) is 13. The Bertz CT molecular complexity index is 2210. The smallest absolute Gasteiger partial charge is 0.418 e. The number of morpholine rings is 1. The number of amides is 1. The Morgan fingerprint density at radius 2 is 2.00 bits per heavy atom. The summed E-state index contributed by atoms with van der Waals surface area (Å²) in [5.74, 6) is -2.43. The first kappa shape index (κ1) is 39.1. The maximum atomic E-state index is 16.9. The number of aromatic nitrogens is 4. The highest BCUT2D eigenvalue weighted by molar-refractivity contribution is 6.36. The van der Waals surface area contributed by atoms with Gasteiger partial charge in [0.2, 0.25) is 0 Å². The van der Waals surface area contributed by atoms with Crippen molar-refractivity contribution in [2.75, 3.05) is 62.8 Å². The molecule has 0 aliphatic carbocycles. The summed E-state index contributed by atoms with van der Waals surface area (Å²) in [4.78, 5) is 33.3. The number of nitrogens with two attached hydrogens (primary N) is 2. The summed E-state index contributed by atoms with van der Waals surface area (Å²) in [5, 5.41) is 13.5. The number of aromatic hydroxyl groups is 1. The second-order valence-electron chi connectivity index (χ2n) is 14.3. The zero-order chi connectivity index (χ0) is 40.1. The molecule has 1 amide bonds. The lowest BCUT2D eigenvalue weighted by atomic mass is 9.94. The van der Waals surface area contributed by atoms with Crippen molar-refractivity contribution < 1.29 is 41.7 Å². The fourth-order valence-corrected chi connectivity index (χ4v) is 8.18. The number of phenols is 1. The number of nitrogen functional groups attached to an aromatic ring is 2. The summed E-state index contributed by atoms with van der Waals surface area (Å²) in [6, 6.07) is 3.24. The number of fused-ring (bicyclic) bond motifs is 2. The quantitative estimate of drug-likeness (QED) is 0.110. The van der Waals surface area contributed by atoms with Crippen LogP contribution in [0.25, 0.3) is 22.2 Å². The lowest BCUT2D eigenvalue weighted by molar-refractivity contribution is -0.137. The molecule has 7 rings (SSSR count). The van der Waals surface area contributed by atoms with Crippen LogP contribution in [0.2, 0.25) is 5.02 Å². The number of rotatable bonds is 9. The number of benzene rings is 1. The average molecular weight is 802 g/mol. The largest absolute Gasteiger partial charge is 0.506 e. The Morgan fingerprint density at radius 1 is 1.25 bits per heavy atom. The summed E-state index contributed by atoms with van der Waals surface area (Å²) >= 11 is 6.52. The normalized spacial score (nSPS) is 20.7. The third-order valence-electron chi connectivity index (χ3n) is 10.5. The number of aryl methyl sites for hydroxylation is 1. The highest BCUT2D eigenvalue weighted by atomic mass is 35.5. The number of carbonyl (C=O) groups is 1. The molecule has 3 saturated heterocycles. The van der Waals surface area contributed by atoms with E-state index >= 15 is 4.39 Å². The van der Waals surface area contributed by atoms with Gasteiger partial charge in [0.1, 0.15) is 41.9 Å². The minimum Gasteiger partial charge on any atom is -0.506 e. The lowest BCUT2D eigenvalue weighted by Crippen LogP contribution is -2.48. The molecule has 6 heterocycles. The molecule has 3 fully saturated rings. The highest BCUT2D eigenvalue weighted by Crippen LogP contribution is 2.49. The number of pyridine rings is 2. The number of nitrogens with one attached hydrogen (secondary N) is 1. The van der Waals surface area contributed by atoms with Gasteiger partial charge < -0.3 is 41.0 Å². The minimum absolute atomic E-state index is 0.00176. The Labute approximate surface area is 323 Å². The Balaban J connectivity index is 1.27. The van der Waals surface area contributed by atoms with Gasteiger partial charge in [0, 0.05) is 37.4 Å². The summed E-state index contributed by atoms with van der Waals surface area (Å²) in [6.07, 6.45) is -2.04. The Hall–Kier alpha value is -5.20. The first-order valence-corrected chi connectivity index (χ1v) is 18.2. The number of anilines is 3. The van der Waals surface area contributed by atoms with E-state index in [0.717, 1.165) is 18.6 Å². The lowest BCUT2D eigenvalue weighted by Gasteiger charge is -2.34. The molecule has 3 unspecified atom stereocenters. The van der Waals surface area contributed by atoms with Gasteiger partial charge in [-0.3, -0.25) is 4.90 Å². The monoisotopic (exact) mass is 801 g/mol. The van der Waals surface area contributed by atoms with Crippen molar-refractivity contribution in [2.45, 2.75) is 56.9 Å². The molecular formula is C37H40ClF4N9O5. The first-order valence-electron chi connectivity index (χ1n) is 17.9. The van der Waals surface area contributed by atoms with Gasteiger partial charge in [-0.2, -0.15) is 23.1 Å². The topological polar surface area (TPSA) is 187 Å². The van der Waals surface area contributed by atoms with Crippen LogP contribution in [0.5, 0.6) is 11.8 Å². The van der Waals surface area contributed by atoms with E-state index in [2.05, 4.69) is 36.7 Å². The third-order valence-corrected chi connectivity index (χ3v) is 10.9. The number of ether oxygens (including phenoxy) is 3. The minimum atomic E-state index is -5.00. The summed E-state index contributed by atoms with van der Waals surface area (Å²) in [7, 11) is 0. The molecule has 3 aromatic heterocycles. The molecule has 6 N–H and O–H groups in total. The van der Waals surface area contributed by atoms with E-state index in [-0.39, 0.29) is 53.7 Å². The second-order valence-corrected chi connectivity index (χ2v) is 14.7. The molecule has 3 atom stereocenters. The fraction of sp³-hybridized carbons (Fsp3) is 0.432. The van der Waals surface area contributed by atoms with E-state index in [1.807, 2.05) is 0 Å². The van der Waals surface area contributed by atoms with Crippen molar-refractivity contribution in [2.24, 2.45) is 0 Å². The van der Waals surface area contributed by atoms with Crippen LogP contribution in [-0.2, 0) is 15.7 Å². The predicted octanol–water partition coefficient (Wildman–Crippen LogP) is 6.26. The van der Waals surface area contributed by atoms with Gasteiger partial charge in [0.25, 0.3) is 0 Å². The predicted molar refractivity (Wildman–Crippen MR) is 200 cm³/mol. The van der Waals surface area contributed by atoms with Gasteiger partial charge in [0.05, 0.1) is 52.0 Å². The van der Waals surface area contributed by atoms with Crippen LogP contribution in [-0.4, -0.2) is 98.6 Å². The number of hydrogen-bond donors (Lipinski definition) is 4. The van der Waals surface area contributed by atoms with E-state index in [1.165, 1.54) is 6.20 Å². The first-order chi connectivity index (χ1) is 26.6. The van der Waals surface area contributed by atoms with Gasteiger partial charge in [-0.05, 0) is 50.8 Å². The van der Waals surface area contributed by atoms with Crippen LogP contribution >= 0.6 is 11.6 Å². The fourth-order valence-electron chi connectivity index (χ4n) is 7.91. The Kier molecular flexibility index (Phi) is 10.5. The number of alkyl halides is 3. The zero-order valence-corrected chi connectivity index (χ0v) is 31.3. The molecular weight excluding hydrogens is 762 g/mol. The van der Waals surface area contributed by atoms with Crippen LogP contribution in [0, 0.1) is 12.7 Å². The molecule has 298 valence electrons. The van der Waals surface area contributed by atoms with Gasteiger partial charge in [-0.25, -0.2) is 19.2 Å². The summed E-state index contributed by atoms with van der Waals surface area (Å²) < 4.78 is 77.5. The molecule has 0 spiro atoms. The molecule has 1 aromatic carbocycles. The van der Waals surface area contributed by atoms with Crippen molar-refractivity contribution in [3.63, 3.8) is 0 Å². The molecule has 0 saturated carbocycles. The number of halogens is 5. The van der Waals surface area contributed by atoms with Crippen LogP contribution in [0.4, 0.5) is 39.8 Å². The number of nitrogens with zero attached hydrogens (tertiary/aromatic N) is 6. The van der Waals surface area contributed by atoms with Crippen LogP contribution in [0.3, 0.4) is 0 Å². The van der Waals surface area contributed by atoms with Crippen molar-refractivity contribution in [3.8, 4) is 23.0 Å². The van der Waals surface area contributed by atoms with E-state index in [1.54, 1.807) is 24.0 Å². The van der Waals surface area contributed by atoms with Gasteiger partial charge in [-0.15, -0.1) is 0 Å². The third kappa shape index (κ3) is 7.28. The highest BCUT2D eigenvalue weighted by Gasteiger charge is 2.51. The standard InChI is InChI=1S/C37H40ClF4N9O5/c1-18-14-36(7-6-21(51(36)15-18)16-55-35(53)50-9-11-54-12-10-50)17-56-34-48-30-25(33(49-34)46-20(3)22-5-4-8-45-32(22)44)31(52)27(38)24(28(30)39)29-26(37(40,41)42)19(2)13-23(43)47-29/h4-5,8,13,20-21,52H,1,6-7,9-12,14-17H2,2-3H3,(H2,43,47)(H2,44,45)(H,46,48,49). The number of carbonyl (C=O) groups excluding carboxylic acids is 1. The summed E-state index contributed by atoms with van der Waals surface area (Å²) in [6.45, 7) is 9.52. The van der Waals surface area contributed by atoms with Crippen LogP contribution < -0.4 is 21.5 Å². The van der Waals surface area contributed by atoms with Gasteiger partial charge in [-0.1, -0.05) is 29.8 Å². The molecule has 19 heteroatoms. The van der Waals surface area contributed by atoms with E-state index in [4.69, 9.17) is 37.3 Å². The number of phenolic OH excluding ortho intramolecular Hbond substituents is 1. The zero-order valence-electron chi connectivity index (χ0n) is 30.6. The van der Waals surface area contributed by atoms with E-state index in [0.29, 0.717) is 57.7 Å². The molecule has 4 aromatic rings. The van der Waals surface area contributed by atoms with Crippen molar-refractivity contribution in [1.29, 1.82) is 0 Å². The molecule has 0 bridgehead atoms. The molecule has 3 aliphatic heterocycles. The molecule has 3 aliphatic rings. The van der Waals surface area contributed by atoms with Crippen LogP contribution in [0.1, 0.15) is 48.9 Å².